The van der Waals surface area contributed by atoms with Gasteiger partial charge in [-0.15, -0.1) is 11.3 Å². The lowest BCUT2D eigenvalue weighted by molar-refractivity contribution is -0.127. The average molecular weight is 494 g/mol. The molecule has 8 heteroatoms. The van der Waals surface area contributed by atoms with Crippen LogP contribution in [0.3, 0.4) is 0 Å². The Hall–Kier alpha value is -3.65. The molecule has 1 heterocycles. The Morgan fingerprint density at radius 3 is 2.23 bits per heavy atom. The summed E-state index contributed by atoms with van der Waals surface area (Å²) < 4.78 is 5.54. The molecule has 3 amide bonds. The van der Waals surface area contributed by atoms with E-state index >= 15 is 0 Å². The number of hydrogen-bond acceptors (Lipinski definition) is 5. The van der Waals surface area contributed by atoms with Gasteiger partial charge < -0.3 is 15.4 Å². The fraction of sp³-hybridized carbons (Fsp3) is 0.296. The zero-order valence-corrected chi connectivity index (χ0v) is 21.2. The number of anilines is 1. The summed E-state index contributed by atoms with van der Waals surface area (Å²) in [5, 5.41) is 7.48. The van der Waals surface area contributed by atoms with Crippen LogP contribution < -0.4 is 20.3 Å². The third-order valence-electron chi connectivity index (χ3n) is 4.96. The number of carbonyl (C=O) groups excluding carboxylic acids is 3. The van der Waals surface area contributed by atoms with E-state index in [9.17, 15) is 14.4 Å². The van der Waals surface area contributed by atoms with E-state index in [1.165, 1.54) is 16.2 Å². The lowest BCUT2D eigenvalue weighted by Crippen LogP contribution is -2.51. The van der Waals surface area contributed by atoms with E-state index in [1.807, 2.05) is 58.0 Å². The van der Waals surface area contributed by atoms with Crippen molar-refractivity contribution in [3.05, 3.63) is 82.6 Å². The number of ether oxygens (including phenoxy) is 1. The molecule has 7 nitrogen and oxygen atoms in total. The number of nitrogens with one attached hydrogen (secondary N) is 2. The Bertz CT molecular complexity index is 1120. The summed E-state index contributed by atoms with van der Waals surface area (Å²) in [6, 6.07) is 18.6. The first kappa shape index (κ1) is 26.0. The highest BCUT2D eigenvalue weighted by Crippen LogP contribution is 2.30. The van der Waals surface area contributed by atoms with Gasteiger partial charge in [0.05, 0.1) is 18.0 Å². The highest BCUT2D eigenvalue weighted by atomic mass is 32.1. The van der Waals surface area contributed by atoms with Crippen LogP contribution in [0.25, 0.3) is 0 Å². The predicted molar refractivity (Wildman–Crippen MR) is 139 cm³/mol. The summed E-state index contributed by atoms with van der Waals surface area (Å²) in [5.41, 5.74) is 0.660. The van der Waals surface area contributed by atoms with Gasteiger partial charge in [-0.1, -0.05) is 36.4 Å². The maximum absolute atomic E-state index is 13.6. The number of nitrogens with zero attached hydrogens (tertiary/aromatic N) is 1. The van der Waals surface area contributed by atoms with Crippen LogP contribution in [0.5, 0.6) is 5.75 Å². The molecule has 2 N–H and O–H groups in total. The molecule has 0 saturated carbocycles. The molecule has 0 aliphatic rings. The average Bonchev–Trinajstić information content (AvgIpc) is 3.36. The first-order valence-corrected chi connectivity index (χ1v) is 12.3. The second-order valence-corrected chi connectivity index (χ2v) is 9.85. The van der Waals surface area contributed by atoms with Crippen LogP contribution in [0.1, 0.15) is 49.0 Å². The topological polar surface area (TPSA) is 87.7 Å². The van der Waals surface area contributed by atoms with E-state index in [-0.39, 0.29) is 18.4 Å². The van der Waals surface area contributed by atoms with Crippen LogP contribution in [0, 0.1) is 0 Å². The van der Waals surface area contributed by atoms with Crippen molar-refractivity contribution in [2.24, 2.45) is 0 Å². The third kappa shape index (κ3) is 7.16. The van der Waals surface area contributed by atoms with Crippen molar-refractivity contribution >= 4 is 34.7 Å². The van der Waals surface area contributed by atoms with Gasteiger partial charge in [0, 0.05) is 11.2 Å². The maximum atomic E-state index is 13.6. The molecule has 0 radical (unpaired) electrons. The van der Waals surface area contributed by atoms with Gasteiger partial charge in [0.15, 0.2) is 0 Å². The predicted octanol–water partition coefficient (Wildman–Crippen LogP) is 4.57. The van der Waals surface area contributed by atoms with Crippen molar-refractivity contribution in [1.29, 1.82) is 0 Å². The summed E-state index contributed by atoms with van der Waals surface area (Å²) in [5.74, 6) is -0.423. The largest absolute Gasteiger partial charge is 0.494 e. The summed E-state index contributed by atoms with van der Waals surface area (Å²) in [6.07, 6.45) is 0. The maximum Gasteiger partial charge on any atom is 0.261 e. The Labute approximate surface area is 210 Å². The Morgan fingerprint density at radius 2 is 1.66 bits per heavy atom. The van der Waals surface area contributed by atoms with Crippen molar-refractivity contribution in [3.8, 4) is 5.75 Å². The first-order valence-electron chi connectivity index (χ1n) is 11.4. The van der Waals surface area contributed by atoms with E-state index in [0.29, 0.717) is 28.5 Å². The summed E-state index contributed by atoms with van der Waals surface area (Å²) in [7, 11) is 0. The lowest BCUT2D eigenvalue weighted by atomic mass is 10.0. The number of carbonyl (C=O) groups is 3. The fourth-order valence-corrected chi connectivity index (χ4v) is 4.17. The second kappa shape index (κ2) is 11.7. The summed E-state index contributed by atoms with van der Waals surface area (Å²) in [6.45, 7) is 7.79. The van der Waals surface area contributed by atoms with E-state index < -0.39 is 17.5 Å². The molecule has 1 atom stereocenters. The minimum absolute atomic E-state index is 0.268. The van der Waals surface area contributed by atoms with Crippen molar-refractivity contribution in [2.45, 2.75) is 39.3 Å². The number of hydrogen-bond donors (Lipinski definition) is 2. The Morgan fingerprint density at radius 1 is 0.971 bits per heavy atom. The van der Waals surface area contributed by atoms with Crippen LogP contribution in [0.4, 0.5) is 5.69 Å². The molecule has 0 bridgehead atoms. The zero-order valence-electron chi connectivity index (χ0n) is 20.4. The molecule has 3 rings (SSSR count). The molecule has 2 aromatic carbocycles. The smallest absolute Gasteiger partial charge is 0.261 e. The second-order valence-electron chi connectivity index (χ2n) is 8.90. The Balaban J connectivity index is 1.99. The van der Waals surface area contributed by atoms with Crippen molar-refractivity contribution in [1.82, 2.24) is 10.6 Å². The Kier molecular flexibility index (Phi) is 8.65. The number of thiophene rings is 1. The normalized spacial score (nSPS) is 11.9. The number of rotatable bonds is 9. The van der Waals surface area contributed by atoms with Gasteiger partial charge in [-0.05, 0) is 69.0 Å². The molecular formula is C27H31N3O4S. The van der Waals surface area contributed by atoms with Crippen LogP contribution in [0.15, 0.2) is 72.1 Å². The van der Waals surface area contributed by atoms with Gasteiger partial charge in [0.25, 0.3) is 5.91 Å². The quantitative estimate of drug-likeness (QED) is 0.457. The van der Waals surface area contributed by atoms with Gasteiger partial charge >= 0.3 is 0 Å². The standard InChI is InChI=1S/C27H31N3O4S/c1-5-34-21-15-13-20(14-16-21)30(23(31)18-28-25(32)22-12-9-17-35-22)24(19-10-7-6-8-11-19)26(33)29-27(2,3)4/h6-17,24H,5,18H2,1-4H3,(H,28,32)(H,29,33)/t24-/m0/s1. The van der Waals surface area contributed by atoms with Gasteiger partial charge in [0.1, 0.15) is 11.8 Å². The molecule has 0 aliphatic heterocycles. The minimum atomic E-state index is -0.945. The van der Waals surface area contributed by atoms with Gasteiger partial charge in [-0.3, -0.25) is 19.3 Å². The van der Waals surface area contributed by atoms with Gasteiger partial charge in [-0.25, -0.2) is 0 Å². The van der Waals surface area contributed by atoms with Crippen LogP contribution in [-0.2, 0) is 9.59 Å². The zero-order chi connectivity index (χ0) is 25.4. The van der Waals surface area contributed by atoms with Crippen LogP contribution in [-0.4, -0.2) is 36.4 Å². The van der Waals surface area contributed by atoms with Crippen molar-refractivity contribution < 1.29 is 19.1 Å². The van der Waals surface area contributed by atoms with Crippen LogP contribution in [0.2, 0.25) is 0 Å². The van der Waals surface area contributed by atoms with Crippen LogP contribution >= 0.6 is 11.3 Å². The lowest BCUT2D eigenvalue weighted by Gasteiger charge is -2.34. The van der Waals surface area contributed by atoms with Crippen molar-refractivity contribution in [3.63, 3.8) is 0 Å². The molecule has 0 saturated heterocycles. The molecule has 0 fully saturated rings. The monoisotopic (exact) mass is 493 g/mol. The molecule has 35 heavy (non-hydrogen) atoms. The van der Waals surface area contributed by atoms with E-state index in [1.54, 1.807) is 41.8 Å². The highest BCUT2D eigenvalue weighted by molar-refractivity contribution is 7.12. The molecule has 1 aromatic heterocycles. The third-order valence-corrected chi connectivity index (χ3v) is 5.83. The summed E-state index contributed by atoms with van der Waals surface area (Å²) >= 11 is 1.29. The van der Waals surface area contributed by atoms with Gasteiger partial charge in [-0.2, -0.15) is 0 Å². The molecular weight excluding hydrogens is 462 g/mol. The van der Waals surface area contributed by atoms with Gasteiger partial charge in [0.2, 0.25) is 11.8 Å². The SMILES string of the molecule is CCOc1ccc(N(C(=O)CNC(=O)c2cccs2)[C@H](C(=O)NC(C)(C)C)c2ccccc2)cc1. The molecule has 0 unspecified atom stereocenters. The first-order chi connectivity index (χ1) is 16.7. The van der Waals surface area contributed by atoms with E-state index in [0.717, 1.165) is 0 Å². The number of amides is 3. The highest BCUT2D eigenvalue weighted by Gasteiger charge is 2.34. The minimum Gasteiger partial charge on any atom is -0.494 e. The van der Waals surface area contributed by atoms with E-state index in [2.05, 4.69) is 10.6 Å². The fourth-order valence-electron chi connectivity index (χ4n) is 3.53. The molecule has 0 aliphatic carbocycles. The van der Waals surface area contributed by atoms with Crippen molar-refractivity contribution in [2.75, 3.05) is 18.1 Å². The molecule has 3 aromatic rings. The molecule has 0 spiro atoms. The molecule has 184 valence electrons. The summed E-state index contributed by atoms with van der Waals surface area (Å²) in [4.78, 5) is 41.6. The van der Waals surface area contributed by atoms with E-state index in [4.69, 9.17) is 4.74 Å². The number of benzene rings is 2.